The zero-order valence-corrected chi connectivity index (χ0v) is 9.37. The van der Waals surface area contributed by atoms with Gasteiger partial charge in [0.15, 0.2) is 0 Å². The Bertz CT molecular complexity index is 377. The van der Waals surface area contributed by atoms with Crippen LogP contribution in [0.1, 0.15) is 19.8 Å². The van der Waals surface area contributed by atoms with E-state index in [4.69, 9.17) is 0 Å². The average Bonchev–Trinajstić information content (AvgIpc) is 2.63. The van der Waals surface area contributed by atoms with Gasteiger partial charge in [-0.2, -0.15) is 0 Å². The molecular formula is C11H13F3N2O. The number of pyridine rings is 1. The van der Waals surface area contributed by atoms with Crippen molar-refractivity contribution in [2.24, 2.45) is 0 Å². The topological polar surface area (TPSA) is 25.4 Å². The molecule has 0 spiro atoms. The van der Waals surface area contributed by atoms with Gasteiger partial charge in [0.1, 0.15) is 11.6 Å². The molecule has 0 N–H and O–H groups in total. The zero-order chi connectivity index (χ0) is 12.5. The molecule has 3 nitrogen and oxygen atoms in total. The SMILES string of the molecule is CC1CCCN1c1ccc(OC(F)(F)F)cn1. The minimum Gasteiger partial charge on any atom is -0.404 e. The van der Waals surface area contributed by atoms with Crippen molar-refractivity contribution in [2.45, 2.75) is 32.2 Å². The van der Waals surface area contributed by atoms with Crippen molar-refractivity contribution in [3.05, 3.63) is 18.3 Å². The highest BCUT2D eigenvalue weighted by atomic mass is 19.4. The third kappa shape index (κ3) is 3.01. The van der Waals surface area contributed by atoms with E-state index in [-0.39, 0.29) is 5.75 Å². The fourth-order valence-electron chi connectivity index (χ4n) is 2.01. The number of rotatable bonds is 2. The Morgan fingerprint density at radius 3 is 2.65 bits per heavy atom. The molecule has 2 rings (SSSR count). The highest BCUT2D eigenvalue weighted by molar-refractivity contribution is 5.42. The van der Waals surface area contributed by atoms with Gasteiger partial charge in [0.25, 0.3) is 0 Å². The summed E-state index contributed by atoms with van der Waals surface area (Å²) in [6.45, 7) is 2.97. The molecule has 0 saturated carbocycles. The van der Waals surface area contributed by atoms with E-state index in [0.717, 1.165) is 25.6 Å². The van der Waals surface area contributed by atoms with Crippen molar-refractivity contribution in [1.82, 2.24) is 4.98 Å². The normalized spacial score (nSPS) is 20.7. The second-order valence-electron chi connectivity index (χ2n) is 4.08. The second kappa shape index (κ2) is 4.43. The highest BCUT2D eigenvalue weighted by Gasteiger charge is 2.31. The first-order chi connectivity index (χ1) is 7.96. The monoisotopic (exact) mass is 246 g/mol. The van der Waals surface area contributed by atoms with Crippen LogP contribution in [0.2, 0.25) is 0 Å². The first kappa shape index (κ1) is 12.0. The summed E-state index contributed by atoms with van der Waals surface area (Å²) in [7, 11) is 0. The molecule has 1 aromatic rings. The first-order valence-corrected chi connectivity index (χ1v) is 5.44. The molecule has 0 aromatic carbocycles. The third-order valence-corrected chi connectivity index (χ3v) is 2.80. The molecule has 0 amide bonds. The maximum Gasteiger partial charge on any atom is 0.573 e. The van der Waals surface area contributed by atoms with Crippen LogP contribution < -0.4 is 9.64 Å². The lowest BCUT2D eigenvalue weighted by atomic mass is 10.2. The van der Waals surface area contributed by atoms with Gasteiger partial charge >= 0.3 is 6.36 Å². The van der Waals surface area contributed by atoms with Crippen LogP contribution in [0.25, 0.3) is 0 Å². The maximum atomic E-state index is 11.9. The number of nitrogens with zero attached hydrogens (tertiary/aromatic N) is 2. The smallest absolute Gasteiger partial charge is 0.404 e. The molecule has 1 aromatic heterocycles. The Morgan fingerprint density at radius 1 is 1.41 bits per heavy atom. The highest BCUT2D eigenvalue weighted by Crippen LogP contribution is 2.26. The van der Waals surface area contributed by atoms with Crippen LogP contribution in [0.3, 0.4) is 0 Å². The first-order valence-electron chi connectivity index (χ1n) is 5.44. The molecule has 1 aliphatic rings. The summed E-state index contributed by atoms with van der Waals surface area (Å²) in [5.41, 5.74) is 0. The number of anilines is 1. The van der Waals surface area contributed by atoms with Crippen LogP contribution in [0.4, 0.5) is 19.0 Å². The standard InChI is InChI=1S/C11H13F3N2O/c1-8-3-2-6-16(8)10-5-4-9(7-15-10)17-11(12,13)14/h4-5,7-8H,2-3,6H2,1H3. The number of hydrogen-bond donors (Lipinski definition) is 0. The summed E-state index contributed by atoms with van der Waals surface area (Å²) < 4.78 is 39.6. The average molecular weight is 246 g/mol. The Balaban J connectivity index is 2.07. The lowest BCUT2D eigenvalue weighted by Gasteiger charge is -2.22. The number of ether oxygens (including phenoxy) is 1. The minimum atomic E-state index is -4.66. The van der Waals surface area contributed by atoms with Crippen LogP contribution in [0.15, 0.2) is 18.3 Å². The summed E-state index contributed by atoms with van der Waals surface area (Å²) in [5.74, 6) is 0.414. The van der Waals surface area contributed by atoms with Gasteiger partial charge in [0.05, 0.1) is 6.20 Å². The van der Waals surface area contributed by atoms with Gasteiger partial charge < -0.3 is 9.64 Å². The number of halogens is 3. The van der Waals surface area contributed by atoms with Crippen LogP contribution in [-0.2, 0) is 0 Å². The van der Waals surface area contributed by atoms with Crippen LogP contribution in [-0.4, -0.2) is 23.9 Å². The van der Waals surface area contributed by atoms with E-state index in [9.17, 15) is 13.2 Å². The lowest BCUT2D eigenvalue weighted by Crippen LogP contribution is -2.27. The zero-order valence-electron chi connectivity index (χ0n) is 9.37. The predicted octanol–water partition coefficient (Wildman–Crippen LogP) is 2.97. The Morgan fingerprint density at radius 2 is 2.18 bits per heavy atom. The van der Waals surface area contributed by atoms with E-state index in [0.29, 0.717) is 11.9 Å². The number of hydrogen-bond acceptors (Lipinski definition) is 3. The van der Waals surface area contributed by atoms with E-state index >= 15 is 0 Å². The van der Waals surface area contributed by atoms with Crippen molar-refractivity contribution in [3.63, 3.8) is 0 Å². The summed E-state index contributed by atoms with van der Waals surface area (Å²) >= 11 is 0. The van der Waals surface area contributed by atoms with Gasteiger partial charge in [-0.1, -0.05) is 0 Å². The molecule has 2 heterocycles. The molecule has 1 saturated heterocycles. The van der Waals surface area contributed by atoms with Gasteiger partial charge in [-0.15, -0.1) is 13.2 Å². The lowest BCUT2D eigenvalue weighted by molar-refractivity contribution is -0.274. The maximum absolute atomic E-state index is 11.9. The summed E-state index contributed by atoms with van der Waals surface area (Å²) in [6, 6.07) is 3.24. The van der Waals surface area contributed by atoms with E-state index in [1.807, 2.05) is 0 Å². The number of alkyl halides is 3. The van der Waals surface area contributed by atoms with Crippen molar-refractivity contribution in [3.8, 4) is 5.75 Å². The Hall–Kier alpha value is -1.46. The van der Waals surface area contributed by atoms with Crippen LogP contribution in [0.5, 0.6) is 5.75 Å². The summed E-state index contributed by atoms with van der Waals surface area (Å²) in [5, 5.41) is 0. The van der Waals surface area contributed by atoms with Gasteiger partial charge in [-0.3, -0.25) is 0 Å². The van der Waals surface area contributed by atoms with E-state index in [2.05, 4.69) is 21.5 Å². The minimum absolute atomic E-state index is 0.284. The Labute approximate surface area is 97.2 Å². The van der Waals surface area contributed by atoms with Gasteiger partial charge in [-0.25, -0.2) is 4.98 Å². The molecule has 0 aliphatic carbocycles. The van der Waals surface area contributed by atoms with Gasteiger partial charge in [0.2, 0.25) is 0 Å². The number of aromatic nitrogens is 1. The fraction of sp³-hybridized carbons (Fsp3) is 0.545. The summed E-state index contributed by atoms with van der Waals surface area (Å²) in [6.07, 6.45) is -1.38. The van der Waals surface area contributed by atoms with Crippen LogP contribution >= 0.6 is 0 Å². The van der Waals surface area contributed by atoms with Crippen molar-refractivity contribution in [2.75, 3.05) is 11.4 Å². The quantitative estimate of drug-likeness (QED) is 0.802. The second-order valence-corrected chi connectivity index (χ2v) is 4.08. The summed E-state index contributed by atoms with van der Waals surface area (Å²) in [4.78, 5) is 6.08. The van der Waals surface area contributed by atoms with E-state index in [1.54, 1.807) is 6.07 Å². The third-order valence-electron chi connectivity index (χ3n) is 2.80. The molecule has 0 radical (unpaired) electrons. The molecule has 1 aliphatic heterocycles. The predicted molar refractivity (Wildman–Crippen MR) is 57.0 cm³/mol. The molecule has 94 valence electrons. The van der Waals surface area contributed by atoms with Gasteiger partial charge in [-0.05, 0) is 31.9 Å². The fourth-order valence-corrected chi connectivity index (χ4v) is 2.01. The molecule has 17 heavy (non-hydrogen) atoms. The largest absolute Gasteiger partial charge is 0.573 e. The van der Waals surface area contributed by atoms with Crippen molar-refractivity contribution < 1.29 is 17.9 Å². The van der Waals surface area contributed by atoms with E-state index in [1.165, 1.54) is 6.07 Å². The van der Waals surface area contributed by atoms with E-state index < -0.39 is 6.36 Å². The molecule has 0 bridgehead atoms. The Kier molecular flexibility index (Phi) is 3.13. The molecular weight excluding hydrogens is 233 g/mol. The molecule has 1 fully saturated rings. The molecule has 1 unspecified atom stereocenters. The van der Waals surface area contributed by atoms with Crippen molar-refractivity contribution >= 4 is 5.82 Å². The molecule has 1 atom stereocenters. The molecule has 6 heteroatoms. The van der Waals surface area contributed by atoms with Crippen molar-refractivity contribution in [1.29, 1.82) is 0 Å². The van der Waals surface area contributed by atoms with Crippen LogP contribution in [0, 0.1) is 0 Å². The van der Waals surface area contributed by atoms with Gasteiger partial charge in [0, 0.05) is 12.6 Å².